The van der Waals surface area contributed by atoms with E-state index in [1.54, 1.807) is 0 Å². The van der Waals surface area contributed by atoms with E-state index in [-0.39, 0.29) is 0 Å². The predicted molar refractivity (Wildman–Crippen MR) is 85.0 cm³/mol. The van der Waals surface area contributed by atoms with Crippen LogP contribution >= 0.6 is 0 Å². The molecule has 0 bridgehead atoms. The van der Waals surface area contributed by atoms with Gasteiger partial charge in [-0.05, 0) is 31.1 Å². The van der Waals surface area contributed by atoms with Gasteiger partial charge in [-0.15, -0.1) is 0 Å². The van der Waals surface area contributed by atoms with Gasteiger partial charge in [0.05, 0.1) is 5.70 Å². The van der Waals surface area contributed by atoms with Gasteiger partial charge in [0.2, 0.25) is 0 Å². The molecule has 0 atom stereocenters. The highest BCUT2D eigenvalue weighted by molar-refractivity contribution is 5.28. The van der Waals surface area contributed by atoms with E-state index in [4.69, 9.17) is 0 Å². The molecule has 1 heterocycles. The zero-order valence-corrected chi connectivity index (χ0v) is 12.6. The van der Waals surface area contributed by atoms with Crippen molar-refractivity contribution in [3.8, 4) is 0 Å². The van der Waals surface area contributed by atoms with E-state index >= 15 is 0 Å². The molecule has 0 aromatic rings. The van der Waals surface area contributed by atoms with Crippen LogP contribution < -0.4 is 5.32 Å². The lowest BCUT2D eigenvalue weighted by Gasteiger charge is -2.01. The Hall–Kier alpha value is -0.980. The largest absolute Gasteiger partial charge is 0.257 e. The van der Waals surface area contributed by atoms with Crippen LogP contribution in [0.1, 0.15) is 77.6 Å². The summed E-state index contributed by atoms with van der Waals surface area (Å²) in [6.45, 7) is 2.28. The van der Waals surface area contributed by atoms with Crippen molar-refractivity contribution >= 4 is 0 Å². The van der Waals surface area contributed by atoms with E-state index < -0.39 is 0 Å². The fourth-order valence-corrected chi connectivity index (χ4v) is 2.37. The van der Waals surface area contributed by atoms with Crippen LogP contribution in [0.3, 0.4) is 0 Å². The van der Waals surface area contributed by atoms with Gasteiger partial charge in [-0.25, -0.2) is 0 Å². The lowest BCUT2D eigenvalue weighted by Crippen LogP contribution is -1.86. The van der Waals surface area contributed by atoms with Crippen LogP contribution in [0.25, 0.3) is 0 Å². The standard InChI is InChI=1S/C18H30N/c1-2-3-4-5-6-7-8-9-10-11-12-13-15-18-16-14-17-19-18/h13-17H,2-12H2,1H3/b15-13+. The Balaban J connectivity index is 1.76. The Morgan fingerprint density at radius 1 is 0.895 bits per heavy atom. The van der Waals surface area contributed by atoms with E-state index in [0.717, 1.165) is 5.70 Å². The average Bonchev–Trinajstić information content (AvgIpc) is 2.93. The van der Waals surface area contributed by atoms with Gasteiger partial charge in [-0.1, -0.05) is 70.8 Å². The number of rotatable bonds is 12. The number of nitrogens with zero attached hydrogens (tertiary/aromatic N) is 1. The molecule has 1 aliphatic rings. The fraction of sp³-hybridized carbons (Fsp3) is 0.667. The molecule has 0 aliphatic carbocycles. The van der Waals surface area contributed by atoms with Crippen molar-refractivity contribution in [1.29, 1.82) is 0 Å². The van der Waals surface area contributed by atoms with Crippen molar-refractivity contribution in [3.63, 3.8) is 0 Å². The molecule has 1 rings (SSSR count). The van der Waals surface area contributed by atoms with Gasteiger partial charge in [-0.2, -0.15) is 0 Å². The van der Waals surface area contributed by atoms with Crippen LogP contribution in [0.2, 0.25) is 0 Å². The first-order valence-corrected chi connectivity index (χ1v) is 8.17. The summed E-state index contributed by atoms with van der Waals surface area (Å²) in [4.78, 5) is 0. The third-order valence-electron chi connectivity index (χ3n) is 3.59. The van der Waals surface area contributed by atoms with E-state index in [9.17, 15) is 0 Å². The zero-order chi connectivity index (χ0) is 13.6. The molecule has 0 amide bonds. The molecular weight excluding hydrogens is 230 g/mol. The molecule has 0 unspecified atom stereocenters. The smallest absolute Gasteiger partial charge is 0.0626 e. The van der Waals surface area contributed by atoms with Gasteiger partial charge >= 0.3 is 0 Å². The summed E-state index contributed by atoms with van der Waals surface area (Å²) in [6, 6.07) is 0. The Kier molecular flexibility index (Phi) is 10.2. The predicted octanol–water partition coefficient (Wildman–Crippen LogP) is 5.87. The fourth-order valence-electron chi connectivity index (χ4n) is 2.37. The second-order valence-corrected chi connectivity index (χ2v) is 5.44. The topological polar surface area (TPSA) is 14.1 Å². The van der Waals surface area contributed by atoms with Crippen LogP contribution in [0, 0.1) is 0 Å². The maximum Gasteiger partial charge on any atom is 0.0626 e. The molecule has 0 aromatic carbocycles. The second kappa shape index (κ2) is 12.1. The molecule has 1 heteroatoms. The summed E-state index contributed by atoms with van der Waals surface area (Å²) in [6.07, 6.45) is 25.6. The molecule has 107 valence electrons. The molecule has 0 aromatic heterocycles. The highest BCUT2D eigenvalue weighted by Crippen LogP contribution is 2.11. The van der Waals surface area contributed by atoms with Crippen LogP contribution in [0.15, 0.2) is 36.2 Å². The summed E-state index contributed by atoms with van der Waals surface area (Å²) < 4.78 is 0. The van der Waals surface area contributed by atoms with Gasteiger partial charge in [-0.3, -0.25) is 5.32 Å². The normalized spacial score (nSPS) is 14.1. The minimum Gasteiger partial charge on any atom is -0.257 e. The summed E-state index contributed by atoms with van der Waals surface area (Å²) in [5.74, 6) is 0. The van der Waals surface area contributed by atoms with Crippen LogP contribution in [-0.2, 0) is 0 Å². The molecule has 1 aliphatic heterocycles. The zero-order valence-electron chi connectivity index (χ0n) is 12.6. The lowest BCUT2D eigenvalue weighted by molar-refractivity contribution is 0.557. The minimum absolute atomic E-state index is 1.09. The van der Waals surface area contributed by atoms with Gasteiger partial charge in [0, 0.05) is 6.20 Å². The molecule has 0 saturated carbocycles. The third kappa shape index (κ3) is 9.58. The molecule has 0 N–H and O–H groups in total. The van der Waals surface area contributed by atoms with E-state index in [0.29, 0.717) is 0 Å². The molecule has 1 radical (unpaired) electrons. The van der Waals surface area contributed by atoms with Gasteiger partial charge in [0.15, 0.2) is 0 Å². The maximum atomic E-state index is 4.22. The molecular formula is C18H30N. The molecule has 0 fully saturated rings. The second-order valence-electron chi connectivity index (χ2n) is 5.44. The maximum absolute atomic E-state index is 4.22. The molecule has 1 nitrogen and oxygen atoms in total. The van der Waals surface area contributed by atoms with Crippen molar-refractivity contribution in [1.82, 2.24) is 5.32 Å². The van der Waals surface area contributed by atoms with Gasteiger partial charge < -0.3 is 0 Å². The summed E-state index contributed by atoms with van der Waals surface area (Å²) in [5, 5.41) is 4.22. The van der Waals surface area contributed by atoms with E-state index in [1.807, 2.05) is 12.3 Å². The first-order chi connectivity index (χ1) is 9.43. The SMILES string of the molecule is CCCCCCCCCCCC/C=C/C1=CC=C[N]1. The van der Waals surface area contributed by atoms with E-state index in [1.165, 1.54) is 70.6 Å². The van der Waals surface area contributed by atoms with Gasteiger partial charge in [0.25, 0.3) is 0 Å². The number of allylic oxidation sites excluding steroid dienone is 4. The minimum atomic E-state index is 1.09. The van der Waals surface area contributed by atoms with Crippen molar-refractivity contribution in [3.05, 3.63) is 36.2 Å². The molecule has 0 spiro atoms. The monoisotopic (exact) mass is 260 g/mol. The van der Waals surface area contributed by atoms with Crippen molar-refractivity contribution in [2.75, 3.05) is 0 Å². The van der Waals surface area contributed by atoms with Crippen molar-refractivity contribution in [2.45, 2.75) is 77.6 Å². The van der Waals surface area contributed by atoms with E-state index in [2.05, 4.69) is 30.5 Å². The highest BCUT2D eigenvalue weighted by atomic mass is 14.9. The number of hydrogen-bond donors (Lipinski definition) is 0. The molecule has 0 saturated heterocycles. The lowest BCUT2D eigenvalue weighted by atomic mass is 10.1. The first-order valence-electron chi connectivity index (χ1n) is 8.17. The van der Waals surface area contributed by atoms with Crippen LogP contribution in [-0.4, -0.2) is 0 Å². The van der Waals surface area contributed by atoms with Crippen LogP contribution in [0.4, 0.5) is 0 Å². The summed E-state index contributed by atoms with van der Waals surface area (Å²) in [7, 11) is 0. The number of hydrogen-bond acceptors (Lipinski definition) is 0. The van der Waals surface area contributed by atoms with Gasteiger partial charge in [0.1, 0.15) is 0 Å². The average molecular weight is 260 g/mol. The molecule has 19 heavy (non-hydrogen) atoms. The Morgan fingerprint density at radius 3 is 2.11 bits per heavy atom. The third-order valence-corrected chi connectivity index (χ3v) is 3.59. The number of unbranched alkanes of at least 4 members (excludes halogenated alkanes) is 10. The summed E-state index contributed by atoms with van der Waals surface area (Å²) in [5.41, 5.74) is 1.09. The van der Waals surface area contributed by atoms with Crippen LogP contribution in [0.5, 0.6) is 0 Å². The Labute approximate surface area is 119 Å². The Bertz CT molecular complexity index is 286. The van der Waals surface area contributed by atoms with Crippen molar-refractivity contribution < 1.29 is 0 Å². The first kappa shape index (κ1) is 16.1. The highest BCUT2D eigenvalue weighted by Gasteiger charge is 1.94. The Morgan fingerprint density at radius 2 is 1.53 bits per heavy atom. The van der Waals surface area contributed by atoms with Crippen molar-refractivity contribution in [2.24, 2.45) is 0 Å². The quantitative estimate of drug-likeness (QED) is 0.390. The summed E-state index contributed by atoms with van der Waals surface area (Å²) >= 11 is 0.